The summed E-state index contributed by atoms with van der Waals surface area (Å²) in [5.41, 5.74) is 1.49. The summed E-state index contributed by atoms with van der Waals surface area (Å²) in [7, 11) is 0. The Kier molecular flexibility index (Phi) is 5.33. The SMILES string of the molecule is C=C/C=C(\C=C)C(=O)Nc1sc2c(c1C(=O)O)CCCCC2. The Morgan fingerprint density at radius 2 is 1.91 bits per heavy atom. The molecule has 5 heteroatoms. The number of carbonyl (C=O) groups is 2. The van der Waals surface area contributed by atoms with Gasteiger partial charge in [-0.1, -0.05) is 37.8 Å². The van der Waals surface area contributed by atoms with Crippen molar-refractivity contribution < 1.29 is 14.7 Å². The second-order valence-electron chi connectivity index (χ2n) is 5.09. The first kappa shape index (κ1) is 16.2. The zero-order valence-corrected chi connectivity index (χ0v) is 13.2. The predicted octanol–water partition coefficient (Wildman–Crippen LogP) is 3.95. The molecule has 0 saturated heterocycles. The van der Waals surface area contributed by atoms with Gasteiger partial charge in [0.05, 0.1) is 5.56 Å². The van der Waals surface area contributed by atoms with E-state index in [-0.39, 0.29) is 11.5 Å². The minimum absolute atomic E-state index is 0.247. The third-order valence-corrected chi connectivity index (χ3v) is 4.85. The van der Waals surface area contributed by atoms with Crippen LogP contribution >= 0.6 is 11.3 Å². The number of hydrogen-bond donors (Lipinski definition) is 2. The van der Waals surface area contributed by atoms with Crippen LogP contribution in [0.25, 0.3) is 0 Å². The highest BCUT2D eigenvalue weighted by Gasteiger charge is 2.25. The van der Waals surface area contributed by atoms with Gasteiger partial charge in [-0.25, -0.2) is 4.79 Å². The molecular weight excluding hydrogens is 298 g/mol. The highest BCUT2D eigenvalue weighted by Crippen LogP contribution is 2.37. The molecule has 0 aliphatic heterocycles. The van der Waals surface area contributed by atoms with Crippen molar-refractivity contribution in [2.45, 2.75) is 32.1 Å². The van der Waals surface area contributed by atoms with E-state index >= 15 is 0 Å². The third-order valence-electron chi connectivity index (χ3n) is 3.64. The van der Waals surface area contributed by atoms with Crippen molar-refractivity contribution in [3.63, 3.8) is 0 Å². The molecule has 1 aromatic heterocycles. The summed E-state index contributed by atoms with van der Waals surface area (Å²) in [6.45, 7) is 7.14. The van der Waals surface area contributed by atoms with Gasteiger partial charge in [-0.3, -0.25) is 4.79 Å². The van der Waals surface area contributed by atoms with Crippen LogP contribution in [0.4, 0.5) is 5.00 Å². The summed E-state index contributed by atoms with van der Waals surface area (Å²) in [5.74, 6) is -1.35. The number of anilines is 1. The highest BCUT2D eigenvalue weighted by molar-refractivity contribution is 7.17. The molecule has 2 N–H and O–H groups in total. The number of fused-ring (bicyclic) bond motifs is 1. The zero-order valence-electron chi connectivity index (χ0n) is 12.4. The van der Waals surface area contributed by atoms with Gasteiger partial charge in [0.1, 0.15) is 5.00 Å². The molecule has 1 heterocycles. The van der Waals surface area contributed by atoms with E-state index in [2.05, 4.69) is 18.5 Å². The number of carboxylic acid groups (broad SMARTS) is 1. The van der Waals surface area contributed by atoms with Gasteiger partial charge in [0.2, 0.25) is 0 Å². The number of thiophene rings is 1. The van der Waals surface area contributed by atoms with E-state index in [1.54, 1.807) is 6.08 Å². The molecule has 1 aliphatic rings. The molecular formula is C17H19NO3S. The fraction of sp³-hybridized carbons (Fsp3) is 0.294. The lowest BCUT2D eigenvalue weighted by Crippen LogP contribution is -2.15. The van der Waals surface area contributed by atoms with Gasteiger partial charge >= 0.3 is 5.97 Å². The van der Waals surface area contributed by atoms with E-state index in [4.69, 9.17) is 0 Å². The Morgan fingerprint density at radius 1 is 1.18 bits per heavy atom. The number of carboxylic acids is 1. The third kappa shape index (κ3) is 3.36. The lowest BCUT2D eigenvalue weighted by molar-refractivity contribution is -0.112. The lowest BCUT2D eigenvalue weighted by atomic mass is 10.1. The molecule has 0 saturated carbocycles. The fourth-order valence-electron chi connectivity index (χ4n) is 2.60. The van der Waals surface area contributed by atoms with Crippen LogP contribution in [0.3, 0.4) is 0 Å². The van der Waals surface area contributed by atoms with Crippen LogP contribution in [0.5, 0.6) is 0 Å². The van der Waals surface area contributed by atoms with Gasteiger partial charge in [0.25, 0.3) is 5.91 Å². The smallest absolute Gasteiger partial charge is 0.339 e. The molecule has 0 atom stereocenters. The normalized spacial score (nSPS) is 14.6. The molecule has 116 valence electrons. The number of aromatic carboxylic acids is 1. The lowest BCUT2D eigenvalue weighted by Gasteiger charge is -2.06. The molecule has 2 rings (SSSR count). The van der Waals surface area contributed by atoms with Crippen molar-refractivity contribution in [1.29, 1.82) is 0 Å². The second-order valence-corrected chi connectivity index (χ2v) is 6.19. The molecule has 0 spiro atoms. The average molecular weight is 317 g/mol. The van der Waals surface area contributed by atoms with E-state index in [1.165, 1.54) is 23.5 Å². The fourth-order valence-corrected chi connectivity index (χ4v) is 3.87. The van der Waals surface area contributed by atoms with Crippen molar-refractivity contribution in [3.8, 4) is 0 Å². The first-order valence-corrected chi connectivity index (χ1v) is 8.04. The molecule has 0 bridgehead atoms. The summed E-state index contributed by atoms with van der Waals surface area (Å²) in [6, 6.07) is 0. The van der Waals surface area contributed by atoms with E-state index in [1.807, 2.05) is 0 Å². The standard InChI is InChI=1S/C17H19NO3S/c1-3-8-11(4-2)15(19)18-16-14(17(20)21)12-9-6-5-7-10-13(12)22-16/h3-4,8H,1-2,5-7,9-10H2,(H,18,19)(H,20,21)/b11-8+. The number of hydrogen-bond acceptors (Lipinski definition) is 3. The zero-order chi connectivity index (χ0) is 16.1. The Hall–Kier alpha value is -2.14. The van der Waals surface area contributed by atoms with Crippen LogP contribution in [0.2, 0.25) is 0 Å². The highest BCUT2D eigenvalue weighted by atomic mass is 32.1. The maximum absolute atomic E-state index is 12.2. The first-order valence-electron chi connectivity index (χ1n) is 7.22. The Morgan fingerprint density at radius 3 is 2.55 bits per heavy atom. The van der Waals surface area contributed by atoms with Crippen molar-refractivity contribution in [3.05, 3.63) is 53.0 Å². The Balaban J connectivity index is 2.37. The van der Waals surface area contributed by atoms with Gasteiger partial charge in [-0.2, -0.15) is 0 Å². The number of allylic oxidation sites excluding steroid dienone is 2. The number of carbonyl (C=O) groups excluding carboxylic acids is 1. The van der Waals surface area contributed by atoms with E-state index < -0.39 is 5.97 Å². The second kappa shape index (κ2) is 7.22. The summed E-state index contributed by atoms with van der Waals surface area (Å²) in [6.07, 6.45) is 9.29. The first-order chi connectivity index (χ1) is 10.6. The molecule has 1 aromatic rings. The largest absolute Gasteiger partial charge is 0.478 e. The summed E-state index contributed by atoms with van der Waals surface area (Å²) < 4.78 is 0. The van der Waals surface area contributed by atoms with Crippen molar-refractivity contribution in [1.82, 2.24) is 0 Å². The van der Waals surface area contributed by atoms with Gasteiger partial charge in [-0.15, -0.1) is 11.3 Å². The van der Waals surface area contributed by atoms with Crippen LogP contribution in [-0.4, -0.2) is 17.0 Å². The number of aryl methyl sites for hydroxylation is 1. The molecule has 1 aliphatic carbocycles. The molecule has 0 fully saturated rings. The van der Waals surface area contributed by atoms with Gasteiger partial charge in [0.15, 0.2) is 0 Å². The van der Waals surface area contributed by atoms with Crippen LogP contribution in [0, 0.1) is 0 Å². The van der Waals surface area contributed by atoms with Crippen LogP contribution in [0.1, 0.15) is 40.1 Å². The topological polar surface area (TPSA) is 66.4 Å². The molecule has 0 aromatic carbocycles. The number of rotatable bonds is 5. The molecule has 0 unspecified atom stereocenters. The Bertz CT molecular complexity index is 655. The van der Waals surface area contributed by atoms with Crippen LogP contribution in [-0.2, 0) is 17.6 Å². The number of nitrogens with one attached hydrogen (secondary N) is 1. The molecule has 1 amide bonds. The summed E-state index contributed by atoms with van der Waals surface area (Å²) in [5, 5.41) is 12.7. The van der Waals surface area contributed by atoms with Crippen molar-refractivity contribution in [2.24, 2.45) is 0 Å². The van der Waals surface area contributed by atoms with Crippen molar-refractivity contribution in [2.75, 3.05) is 5.32 Å². The Labute approximate surface area is 133 Å². The summed E-state index contributed by atoms with van der Waals surface area (Å²) >= 11 is 1.38. The van der Waals surface area contributed by atoms with Gasteiger partial charge in [0, 0.05) is 10.5 Å². The van der Waals surface area contributed by atoms with E-state index in [0.717, 1.165) is 42.5 Å². The van der Waals surface area contributed by atoms with Crippen LogP contribution in [0.15, 0.2) is 37.0 Å². The van der Waals surface area contributed by atoms with E-state index in [9.17, 15) is 14.7 Å². The van der Waals surface area contributed by atoms with Crippen LogP contribution < -0.4 is 5.32 Å². The molecule has 4 nitrogen and oxygen atoms in total. The molecule has 0 radical (unpaired) electrons. The van der Waals surface area contributed by atoms with Crippen molar-refractivity contribution >= 4 is 28.2 Å². The molecule has 22 heavy (non-hydrogen) atoms. The van der Waals surface area contributed by atoms with E-state index in [0.29, 0.717) is 10.6 Å². The maximum atomic E-state index is 12.2. The number of amides is 1. The van der Waals surface area contributed by atoms with Gasteiger partial charge in [-0.05, 0) is 31.2 Å². The quantitative estimate of drug-likeness (QED) is 0.491. The average Bonchev–Trinajstić information content (AvgIpc) is 2.66. The maximum Gasteiger partial charge on any atom is 0.339 e. The summed E-state index contributed by atoms with van der Waals surface area (Å²) in [4.78, 5) is 24.9. The predicted molar refractivity (Wildman–Crippen MR) is 89.6 cm³/mol. The minimum Gasteiger partial charge on any atom is -0.478 e. The van der Waals surface area contributed by atoms with Gasteiger partial charge < -0.3 is 10.4 Å². The monoisotopic (exact) mass is 317 g/mol. The minimum atomic E-state index is -0.984.